The van der Waals surface area contributed by atoms with Crippen molar-refractivity contribution in [1.29, 1.82) is 0 Å². The highest BCUT2D eigenvalue weighted by molar-refractivity contribution is 7.92. The number of amides is 1. The second kappa shape index (κ2) is 12.9. The van der Waals surface area contributed by atoms with Crippen LogP contribution in [0, 0.1) is 11.8 Å². The van der Waals surface area contributed by atoms with Crippen molar-refractivity contribution in [3.8, 4) is 0 Å². The number of sulfonamides is 1. The van der Waals surface area contributed by atoms with E-state index in [1.807, 2.05) is 0 Å². The topological polar surface area (TPSA) is 103 Å². The fourth-order valence-corrected chi connectivity index (χ4v) is 6.08. The van der Waals surface area contributed by atoms with Crippen molar-refractivity contribution in [2.24, 2.45) is 11.8 Å². The first-order valence-corrected chi connectivity index (χ1v) is 15.4. The van der Waals surface area contributed by atoms with E-state index in [0.717, 1.165) is 50.6 Å². The predicted molar refractivity (Wildman–Crippen MR) is 151 cm³/mol. The molecule has 4 rings (SSSR count). The van der Waals surface area contributed by atoms with Gasteiger partial charge in [-0.25, -0.2) is 13.4 Å². The van der Waals surface area contributed by atoms with E-state index in [-0.39, 0.29) is 11.7 Å². The lowest BCUT2D eigenvalue weighted by molar-refractivity contribution is 0.102. The normalized spacial score (nSPS) is 17.5. The lowest BCUT2D eigenvalue weighted by Gasteiger charge is -2.35. The van der Waals surface area contributed by atoms with Crippen LogP contribution in [0.25, 0.3) is 0 Å². The van der Waals surface area contributed by atoms with Crippen molar-refractivity contribution in [1.82, 2.24) is 10.3 Å². The summed E-state index contributed by atoms with van der Waals surface area (Å²) in [7, 11) is -3.43. The number of rotatable bonds is 10. The van der Waals surface area contributed by atoms with Gasteiger partial charge in [0.25, 0.3) is 5.91 Å². The van der Waals surface area contributed by atoms with Crippen molar-refractivity contribution in [2.45, 2.75) is 51.9 Å². The van der Waals surface area contributed by atoms with Crippen LogP contribution in [0.15, 0.2) is 36.4 Å². The molecular weight excluding hydrogens is 510 g/mol. The van der Waals surface area contributed by atoms with Crippen LogP contribution in [0.5, 0.6) is 0 Å². The third-order valence-electron chi connectivity index (χ3n) is 7.49. The van der Waals surface area contributed by atoms with E-state index in [9.17, 15) is 13.2 Å². The zero-order valence-corrected chi connectivity index (χ0v) is 23.1. The third-order valence-corrected chi connectivity index (χ3v) is 9.01. The highest BCUT2D eigenvalue weighted by Crippen LogP contribution is 2.32. The number of piperidine rings is 2. The number of carbonyl (C=O) groups excluding carboxylic acids is 1. The Hall–Kier alpha value is -2.36. The van der Waals surface area contributed by atoms with Gasteiger partial charge in [0.15, 0.2) is 0 Å². The molecule has 2 fully saturated rings. The van der Waals surface area contributed by atoms with Gasteiger partial charge in [-0.15, -0.1) is 0 Å². The summed E-state index contributed by atoms with van der Waals surface area (Å²) in [5, 5.41) is 6.56. The number of aromatic nitrogens is 1. The van der Waals surface area contributed by atoms with Gasteiger partial charge in [-0.1, -0.05) is 36.9 Å². The standard InChI is InChI=1S/C27H38ClN5O3S/c1-2-37(35,36)32-22-9-10-23(27(34)31-26-8-4-7-25(28)30-26)24(19-22)33-17-13-21(14-18-33)6-3-5-20-11-15-29-16-12-20/h4,7-10,19-21,29,32H,2-3,5-6,11-18H2,1H3,(H,30,31,34). The van der Waals surface area contributed by atoms with Crippen LogP contribution in [0.4, 0.5) is 17.2 Å². The van der Waals surface area contributed by atoms with Crippen molar-refractivity contribution in [3.63, 3.8) is 0 Å². The summed E-state index contributed by atoms with van der Waals surface area (Å²) in [6.45, 7) is 5.56. The van der Waals surface area contributed by atoms with Crippen LogP contribution < -0.4 is 20.3 Å². The van der Waals surface area contributed by atoms with Gasteiger partial charge < -0.3 is 15.5 Å². The number of pyridine rings is 1. The Morgan fingerprint density at radius 2 is 1.78 bits per heavy atom. The summed E-state index contributed by atoms with van der Waals surface area (Å²) in [5.41, 5.74) is 1.66. The minimum absolute atomic E-state index is 0.0201. The lowest BCUT2D eigenvalue weighted by Crippen LogP contribution is -2.35. The molecule has 2 aliphatic heterocycles. The predicted octanol–water partition coefficient (Wildman–Crippen LogP) is 5.14. The molecular formula is C27H38ClN5O3S. The first-order valence-electron chi connectivity index (χ1n) is 13.4. The molecule has 0 radical (unpaired) electrons. The molecule has 0 aliphatic carbocycles. The smallest absolute Gasteiger partial charge is 0.258 e. The SMILES string of the molecule is CCS(=O)(=O)Nc1ccc(C(=O)Nc2cccc(Cl)n2)c(N2CCC(CCCC3CCNCC3)CC2)c1. The average Bonchev–Trinajstić information content (AvgIpc) is 2.89. The van der Waals surface area contributed by atoms with Gasteiger partial charge in [-0.3, -0.25) is 9.52 Å². The third kappa shape index (κ3) is 8.06. The molecule has 0 unspecified atom stereocenters. The minimum atomic E-state index is -3.43. The molecule has 2 aromatic rings. The Bertz CT molecular complexity index is 1160. The maximum absolute atomic E-state index is 13.2. The van der Waals surface area contributed by atoms with Crippen molar-refractivity contribution in [2.75, 3.05) is 46.9 Å². The fourth-order valence-electron chi connectivity index (χ4n) is 5.29. The molecule has 2 aliphatic rings. The molecule has 10 heteroatoms. The Labute approximate surface area is 225 Å². The zero-order valence-electron chi connectivity index (χ0n) is 21.5. The molecule has 1 aromatic heterocycles. The Balaban J connectivity index is 1.44. The molecule has 3 N–H and O–H groups in total. The van der Waals surface area contributed by atoms with Gasteiger partial charge in [0, 0.05) is 13.1 Å². The second-order valence-corrected chi connectivity index (χ2v) is 12.5. The Morgan fingerprint density at radius 1 is 1.08 bits per heavy atom. The van der Waals surface area contributed by atoms with E-state index in [2.05, 4.69) is 25.2 Å². The van der Waals surface area contributed by atoms with Crippen LogP contribution in [0.2, 0.25) is 5.15 Å². The summed E-state index contributed by atoms with van der Waals surface area (Å²) < 4.78 is 27.0. The molecule has 0 bridgehead atoms. The highest BCUT2D eigenvalue weighted by Gasteiger charge is 2.24. The summed E-state index contributed by atoms with van der Waals surface area (Å²) in [6.07, 6.45) is 8.58. The molecule has 0 spiro atoms. The second-order valence-electron chi connectivity index (χ2n) is 10.1. The van der Waals surface area contributed by atoms with Crippen LogP contribution in [-0.2, 0) is 10.0 Å². The molecule has 2 saturated heterocycles. The van der Waals surface area contributed by atoms with E-state index >= 15 is 0 Å². The van der Waals surface area contributed by atoms with Crippen LogP contribution in [0.3, 0.4) is 0 Å². The van der Waals surface area contributed by atoms with E-state index in [0.29, 0.717) is 28.1 Å². The minimum Gasteiger partial charge on any atom is -0.371 e. The quantitative estimate of drug-likeness (QED) is 0.356. The molecule has 37 heavy (non-hydrogen) atoms. The fraction of sp³-hybridized carbons (Fsp3) is 0.556. The zero-order chi connectivity index (χ0) is 26.3. The van der Waals surface area contributed by atoms with Crippen LogP contribution >= 0.6 is 11.6 Å². The summed E-state index contributed by atoms with van der Waals surface area (Å²) in [5.74, 6) is 1.59. The Kier molecular flexibility index (Phi) is 9.67. The van der Waals surface area contributed by atoms with Gasteiger partial charge in [0.2, 0.25) is 10.0 Å². The van der Waals surface area contributed by atoms with E-state index in [4.69, 9.17) is 11.6 Å². The molecule has 0 saturated carbocycles. The molecule has 1 aromatic carbocycles. The number of nitrogens with zero attached hydrogens (tertiary/aromatic N) is 2. The molecule has 0 atom stereocenters. The van der Waals surface area contributed by atoms with Gasteiger partial charge in [0.1, 0.15) is 11.0 Å². The molecule has 202 valence electrons. The van der Waals surface area contributed by atoms with Crippen molar-refractivity contribution >= 4 is 44.7 Å². The molecule has 3 heterocycles. The number of anilines is 3. The molecule has 1 amide bonds. The van der Waals surface area contributed by atoms with Gasteiger partial charge in [-0.2, -0.15) is 0 Å². The Morgan fingerprint density at radius 3 is 2.46 bits per heavy atom. The maximum Gasteiger partial charge on any atom is 0.258 e. The number of hydrogen-bond donors (Lipinski definition) is 3. The maximum atomic E-state index is 13.2. The van der Waals surface area contributed by atoms with Gasteiger partial charge in [-0.05, 0) is 87.9 Å². The average molecular weight is 548 g/mol. The number of nitrogens with one attached hydrogen (secondary N) is 3. The van der Waals surface area contributed by atoms with Crippen molar-refractivity contribution in [3.05, 3.63) is 47.1 Å². The summed E-state index contributed by atoms with van der Waals surface area (Å²) in [6, 6.07) is 10.1. The summed E-state index contributed by atoms with van der Waals surface area (Å²) in [4.78, 5) is 19.6. The largest absolute Gasteiger partial charge is 0.371 e. The van der Waals surface area contributed by atoms with Crippen molar-refractivity contribution < 1.29 is 13.2 Å². The number of halogens is 1. The lowest BCUT2D eigenvalue weighted by atomic mass is 9.87. The first-order chi connectivity index (χ1) is 17.8. The number of benzene rings is 1. The van der Waals surface area contributed by atoms with Gasteiger partial charge in [0.05, 0.1) is 22.7 Å². The molecule has 8 nitrogen and oxygen atoms in total. The first kappa shape index (κ1) is 27.7. The monoisotopic (exact) mass is 547 g/mol. The number of carbonyl (C=O) groups is 1. The number of hydrogen-bond acceptors (Lipinski definition) is 6. The van der Waals surface area contributed by atoms with E-state index in [1.54, 1.807) is 43.3 Å². The van der Waals surface area contributed by atoms with Gasteiger partial charge >= 0.3 is 0 Å². The highest BCUT2D eigenvalue weighted by atomic mass is 35.5. The van der Waals surface area contributed by atoms with Crippen LogP contribution in [0.1, 0.15) is 62.2 Å². The summed E-state index contributed by atoms with van der Waals surface area (Å²) >= 11 is 5.98. The van der Waals surface area contributed by atoms with E-state index in [1.165, 1.54) is 32.1 Å². The van der Waals surface area contributed by atoms with E-state index < -0.39 is 10.0 Å². The van der Waals surface area contributed by atoms with Crippen LogP contribution in [-0.4, -0.2) is 51.2 Å².